The molecule has 108 valence electrons. The molecular weight excluding hydrogens is 280 g/mol. The van der Waals surface area contributed by atoms with Crippen LogP contribution in [-0.2, 0) is 0 Å². The molecule has 0 aliphatic carbocycles. The minimum atomic E-state index is -0.164. The van der Waals surface area contributed by atoms with E-state index in [1.807, 2.05) is 12.1 Å². The smallest absolute Gasteiger partial charge is 0.163 e. The molecule has 2 aromatic rings. The van der Waals surface area contributed by atoms with E-state index in [0.717, 1.165) is 0 Å². The number of Topliss-reactive ketones (excluding diaryl/α,β-unsaturated/α-hetero) is 1. The fraction of sp³-hybridized carbons (Fsp3) is 0.118. The lowest BCUT2D eigenvalue weighted by molar-refractivity contribution is 0.101. The van der Waals surface area contributed by atoms with Crippen molar-refractivity contribution in [3.8, 4) is 29.4 Å². The molecule has 2 aromatic carbocycles. The molecule has 0 aromatic heterocycles. The summed E-state index contributed by atoms with van der Waals surface area (Å²) in [6.45, 7) is 1.43. The summed E-state index contributed by atoms with van der Waals surface area (Å²) < 4.78 is 10.8. The van der Waals surface area contributed by atoms with Gasteiger partial charge in [0, 0.05) is 0 Å². The first-order valence-electron chi connectivity index (χ1n) is 6.40. The molecule has 0 saturated heterocycles. The molecule has 0 spiro atoms. The van der Waals surface area contributed by atoms with Gasteiger partial charge >= 0.3 is 0 Å². The Bertz CT molecular complexity index is 814. The van der Waals surface area contributed by atoms with Gasteiger partial charge in [-0.2, -0.15) is 10.5 Å². The van der Waals surface area contributed by atoms with Gasteiger partial charge in [-0.1, -0.05) is 0 Å². The number of nitriles is 2. The van der Waals surface area contributed by atoms with Crippen LogP contribution in [0.2, 0.25) is 0 Å². The number of ether oxygens (including phenoxy) is 2. The average molecular weight is 292 g/mol. The van der Waals surface area contributed by atoms with Crippen LogP contribution in [0.5, 0.6) is 17.2 Å². The minimum Gasteiger partial charge on any atom is -0.497 e. The largest absolute Gasteiger partial charge is 0.497 e. The zero-order valence-electron chi connectivity index (χ0n) is 12.1. The third kappa shape index (κ3) is 3.05. The summed E-state index contributed by atoms with van der Waals surface area (Å²) in [5.74, 6) is 1.13. The number of carbonyl (C=O) groups excluding carboxylic acids is 1. The maximum atomic E-state index is 11.7. The fourth-order valence-corrected chi connectivity index (χ4v) is 1.90. The van der Waals surface area contributed by atoms with Crippen LogP contribution in [0.3, 0.4) is 0 Å². The van der Waals surface area contributed by atoms with Gasteiger partial charge in [-0.15, -0.1) is 0 Å². The van der Waals surface area contributed by atoms with Gasteiger partial charge in [0.2, 0.25) is 0 Å². The zero-order valence-corrected chi connectivity index (χ0v) is 12.1. The van der Waals surface area contributed by atoms with E-state index in [-0.39, 0.29) is 16.9 Å². The summed E-state index contributed by atoms with van der Waals surface area (Å²) in [4.78, 5) is 11.7. The highest BCUT2D eigenvalue weighted by molar-refractivity contribution is 5.97. The van der Waals surface area contributed by atoms with Crippen molar-refractivity contribution < 1.29 is 14.3 Å². The van der Waals surface area contributed by atoms with E-state index in [1.54, 1.807) is 24.3 Å². The fourth-order valence-electron chi connectivity index (χ4n) is 1.90. The van der Waals surface area contributed by atoms with Gasteiger partial charge in [0.15, 0.2) is 5.78 Å². The Morgan fingerprint density at radius 2 is 1.68 bits per heavy atom. The summed E-state index contributed by atoms with van der Waals surface area (Å²) in [7, 11) is 1.51. The highest BCUT2D eigenvalue weighted by Crippen LogP contribution is 2.30. The molecule has 5 heteroatoms. The first-order chi connectivity index (χ1) is 10.6. The number of ketones is 1. The third-order valence-corrected chi connectivity index (χ3v) is 3.03. The lowest BCUT2D eigenvalue weighted by atomic mass is 10.1. The molecule has 0 unspecified atom stereocenters. The van der Waals surface area contributed by atoms with Crippen LogP contribution >= 0.6 is 0 Å². The van der Waals surface area contributed by atoms with E-state index in [2.05, 4.69) is 0 Å². The van der Waals surface area contributed by atoms with Crippen molar-refractivity contribution in [1.29, 1.82) is 10.5 Å². The summed E-state index contributed by atoms with van der Waals surface area (Å²) in [5, 5.41) is 17.9. The van der Waals surface area contributed by atoms with Crippen LogP contribution in [0.1, 0.15) is 28.4 Å². The summed E-state index contributed by atoms with van der Waals surface area (Å²) in [6, 6.07) is 13.3. The molecule has 22 heavy (non-hydrogen) atoms. The van der Waals surface area contributed by atoms with Gasteiger partial charge in [0.1, 0.15) is 29.4 Å². The van der Waals surface area contributed by atoms with Crippen LogP contribution < -0.4 is 9.47 Å². The number of carbonyl (C=O) groups is 1. The number of methoxy groups -OCH3 is 1. The van der Waals surface area contributed by atoms with Gasteiger partial charge in [-0.05, 0) is 43.3 Å². The summed E-state index contributed by atoms with van der Waals surface area (Å²) in [5.41, 5.74) is 0.872. The number of benzene rings is 2. The van der Waals surface area contributed by atoms with E-state index >= 15 is 0 Å². The Morgan fingerprint density at radius 1 is 1.00 bits per heavy atom. The maximum absolute atomic E-state index is 11.7. The molecule has 0 aliphatic heterocycles. The van der Waals surface area contributed by atoms with E-state index in [0.29, 0.717) is 22.8 Å². The molecule has 0 bridgehead atoms. The van der Waals surface area contributed by atoms with Gasteiger partial charge in [-0.3, -0.25) is 4.79 Å². The van der Waals surface area contributed by atoms with Crippen molar-refractivity contribution in [1.82, 2.24) is 0 Å². The first kappa shape index (κ1) is 15.1. The number of nitrogens with zero attached hydrogens (tertiary/aromatic N) is 2. The zero-order chi connectivity index (χ0) is 16.1. The Labute approximate surface area is 127 Å². The van der Waals surface area contributed by atoms with E-state index in [9.17, 15) is 4.79 Å². The average Bonchev–Trinajstić information content (AvgIpc) is 2.54. The topological polar surface area (TPSA) is 83.1 Å². The molecule has 0 saturated carbocycles. The molecule has 5 nitrogen and oxygen atoms in total. The lowest BCUT2D eigenvalue weighted by Crippen LogP contribution is -1.98. The van der Waals surface area contributed by atoms with Crippen molar-refractivity contribution in [3.05, 3.63) is 53.1 Å². The Morgan fingerprint density at radius 3 is 2.27 bits per heavy atom. The standard InChI is InChI=1S/C17H12N2O3/c1-11(20)16-8-14(21-2)5-6-17(16)22-15-4-3-12(9-18)13(7-15)10-19/h3-8H,1-2H3. The van der Waals surface area contributed by atoms with Crippen LogP contribution in [0.15, 0.2) is 36.4 Å². The molecular formula is C17H12N2O3. The van der Waals surface area contributed by atoms with E-state index in [1.165, 1.54) is 26.2 Å². The highest BCUT2D eigenvalue weighted by Gasteiger charge is 2.12. The van der Waals surface area contributed by atoms with Gasteiger partial charge < -0.3 is 9.47 Å². The molecule has 2 rings (SSSR count). The van der Waals surface area contributed by atoms with E-state index < -0.39 is 0 Å². The molecule has 0 aliphatic rings. The van der Waals surface area contributed by atoms with Crippen molar-refractivity contribution in [2.45, 2.75) is 6.92 Å². The second-order valence-electron chi connectivity index (χ2n) is 4.45. The second kappa shape index (κ2) is 6.43. The van der Waals surface area contributed by atoms with Crippen LogP contribution in [-0.4, -0.2) is 12.9 Å². The number of rotatable bonds is 4. The predicted octanol–water partition coefficient (Wildman–Crippen LogP) is 3.43. The third-order valence-electron chi connectivity index (χ3n) is 3.03. The normalized spacial score (nSPS) is 9.45. The summed E-state index contributed by atoms with van der Waals surface area (Å²) >= 11 is 0. The molecule has 0 atom stereocenters. The summed E-state index contributed by atoms with van der Waals surface area (Å²) in [6.07, 6.45) is 0. The van der Waals surface area contributed by atoms with Crippen LogP contribution in [0, 0.1) is 22.7 Å². The molecule has 0 radical (unpaired) electrons. The van der Waals surface area contributed by atoms with Crippen molar-refractivity contribution in [2.75, 3.05) is 7.11 Å². The minimum absolute atomic E-state index is 0.164. The second-order valence-corrected chi connectivity index (χ2v) is 4.45. The van der Waals surface area contributed by atoms with E-state index in [4.69, 9.17) is 20.0 Å². The molecule has 0 amide bonds. The van der Waals surface area contributed by atoms with Gasteiger partial charge in [-0.25, -0.2) is 0 Å². The monoisotopic (exact) mass is 292 g/mol. The first-order valence-corrected chi connectivity index (χ1v) is 6.40. The Hall–Kier alpha value is -3.31. The van der Waals surface area contributed by atoms with Crippen LogP contribution in [0.4, 0.5) is 0 Å². The Balaban J connectivity index is 2.41. The highest BCUT2D eigenvalue weighted by atomic mass is 16.5. The SMILES string of the molecule is COc1ccc(Oc2ccc(C#N)c(C#N)c2)c(C(C)=O)c1. The predicted molar refractivity (Wildman–Crippen MR) is 78.9 cm³/mol. The maximum Gasteiger partial charge on any atom is 0.163 e. The van der Waals surface area contributed by atoms with Crippen molar-refractivity contribution in [3.63, 3.8) is 0 Å². The molecule has 0 N–H and O–H groups in total. The number of hydrogen-bond acceptors (Lipinski definition) is 5. The lowest BCUT2D eigenvalue weighted by Gasteiger charge is -2.11. The number of hydrogen-bond donors (Lipinski definition) is 0. The van der Waals surface area contributed by atoms with Crippen molar-refractivity contribution >= 4 is 5.78 Å². The quantitative estimate of drug-likeness (QED) is 0.806. The van der Waals surface area contributed by atoms with Crippen LogP contribution in [0.25, 0.3) is 0 Å². The van der Waals surface area contributed by atoms with Gasteiger partial charge in [0.25, 0.3) is 0 Å². The molecule has 0 heterocycles. The van der Waals surface area contributed by atoms with Gasteiger partial charge in [0.05, 0.1) is 23.8 Å². The molecule has 0 fully saturated rings. The Kier molecular flexibility index (Phi) is 4.41. The van der Waals surface area contributed by atoms with Crippen molar-refractivity contribution in [2.24, 2.45) is 0 Å².